The van der Waals surface area contributed by atoms with Crippen LogP contribution in [-0.2, 0) is 0 Å². The second-order valence-corrected chi connectivity index (χ2v) is 6.20. The molecule has 0 aliphatic carbocycles. The van der Waals surface area contributed by atoms with Crippen molar-refractivity contribution in [3.05, 3.63) is 71.2 Å². The zero-order chi connectivity index (χ0) is 17.1. The molecule has 24 heavy (non-hydrogen) atoms. The normalized spacial score (nSPS) is 16.2. The maximum absolute atomic E-state index is 14.3. The lowest BCUT2D eigenvalue weighted by atomic mass is 9.84. The first-order valence-corrected chi connectivity index (χ1v) is 7.45. The summed E-state index contributed by atoms with van der Waals surface area (Å²) in [5, 5.41) is 0. The Kier molecular flexibility index (Phi) is 2.94. The van der Waals surface area contributed by atoms with Crippen LogP contribution in [0.4, 0.5) is 8.78 Å². The Balaban J connectivity index is 2.06. The van der Waals surface area contributed by atoms with Crippen LogP contribution in [0.3, 0.4) is 0 Å². The summed E-state index contributed by atoms with van der Waals surface area (Å²) in [6.07, 6.45) is 3.14. The van der Waals surface area contributed by atoms with Crippen molar-refractivity contribution < 1.29 is 13.6 Å². The number of Topliss-reactive ketones (excluding diaryl/α,β-unsaturated/α-hetero) is 1. The van der Waals surface area contributed by atoms with Gasteiger partial charge in [0.1, 0.15) is 11.4 Å². The van der Waals surface area contributed by atoms with Crippen LogP contribution in [0.25, 0.3) is 5.65 Å². The summed E-state index contributed by atoms with van der Waals surface area (Å²) in [5.41, 5.74) is 0.387. The Morgan fingerprint density at radius 1 is 1.08 bits per heavy atom. The number of carbonyl (C=O) groups excluding carboxylic acids is 1. The van der Waals surface area contributed by atoms with Gasteiger partial charge in [-0.1, -0.05) is 12.1 Å². The zero-order valence-corrected chi connectivity index (χ0v) is 13.0. The highest BCUT2D eigenvalue weighted by Crippen LogP contribution is 2.31. The molecule has 1 aliphatic rings. The Bertz CT molecular complexity index is 1030. The van der Waals surface area contributed by atoms with Crippen molar-refractivity contribution in [1.29, 1.82) is 0 Å². The van der Waals surface area contributed by atoms with Crippen molar-refractivity contribution in [2.75, 3.05) is 0 Å². The molecule has 0 N–H and O–H groups in total. The average Bonchev–Trinajstić information content (AvgIpc) is 2.96. The summed E-state index contributed by atoms with van der Waals surface area (Å²) in [5.74, 6) is -1.42. The molecule has 0 saturated carbocycles. The maximum Gasteiger partial charge on any atom is 0.193 e. The van der Waals surface area contributed by atoms with Gasteiger partial charge in [0.15, 0.2) is 17.2 Å². The SMILES string of the molecule is CC1(C)N=C(c2cnc3c(F)cccn23)c2cccc(F)c2C1=O. The average molecular weight is 325 g/mol. The predicted molar refractivity (Wildman–Crippen MR) is 85.6 cm³/mol. The van der Waals surface area contributed by atoms with Crippen LogP contribution in [0.5, 0.6) is 0 Å². The third-order valence-electron chi connectivity index (χ3n) is 4.17. The topological polar surface area (TPSA) is 46.7 Å². The van der Waals surface area contributed by atoms with Crippen LogP contribution < -0.4 is 0 Å². The van der Waals surface area contributed by atoms with Gasteiger partial charge in [-0.3, -0.25) is 14.2 Å². The van der Waals surface area contributed by atoms with E-state index in [9.17, 15) is 13.6 Å². The number of rotatable bonds is 1. The fourth-order valence-electron chi connectivity index (χ4n) is 3.00. The van der Waals surface area contributed by atoms with E-state index in [2.05, 4.69) is 9.98 Å². The lowest BCUT2D eigenvalue weighted by molar-refractivity contribution is 0.0908. The molecule has 0 atom stereocenters. The van der Waals surface area contributed by atoms with E-state index in [1.165, 1.54) is 24.4 Å². The summed E-state index contributed by atoms with van der Waals surface area (Å²) >= 11 is 0. The van der Waals surface area contributed by atoms with Gasteiger partial charge < -0.3 is 0 Å². The summed E-state index contributed by atoms with van der Waals surface area (Å²) in [7, 11) is 0. The van der Waals surface area contributed by atoms with Gasteiger partial charge in [-0.2, -0.15) is 0 Å². The number of nitrogens with zero attached hydrogens (tertiary/aromatic N) is 3. The molecule has 0 saturated heterocycles. The quantitative estimate of drug-likeness (QED) is 0.688. The lowest BCUT2D eigenvalue weighted by Crippen LogP contribution is -2.37. The second-order valence-electron chi connectivity index (χ2n) is 6.20. The van der Waals surface area contributed by atoms with Crippen LogP contribution >= 0.6 is 0 Å². The molecule has 0 amide bonds. The molecule has 1 aromatic carbocycles. The van der Waals surface area contributed by atoms with E-state index in [-0.39, 0.29) is 17.0 Å². The monoisotopic (exact) mass is 325 g/mol. The molecule has 3 heterocycles. The van der Waals surface area contributed by atoms with Crippen molar-refractivity contribution >= 4 is 17.1 Å². The number of aromatic nitrogens is 2. The van der Waals surface area contributed by atoms with Gasteiger partial charge in [-0.25, -0.2) is 13.8 Å². The van der Waals surface area contributed by atoms with Gasteiger partial charge in [-0.15, -0.1) is 0 Å². The number of pyridine rings is 1. The Morgan fingerprint density at radius 3 is 2.62 bits per heavy atom. The number of halogens is 2. The summed E-state index contributed by atoms with van der Waals surface area (Å²) in [4.78, 5) is 21.2. The standard InChI is InChI=1S/C18H13F2N3O/c1-18(2)16(24)14-10(5-3-6-11(14)19)15(22-18)13-9-21-17-12(20)7-4-8-23(13)17/h3-9H,1-2H3. The Labute approximate surface area is 136 Å². The lowest BCUT2D eigenvalue weighted by Gasteiger charge is -2.27. The molecule has 0 bridgehead atoms. The van der Waals surface area contributed by atoms with Gasteiger partial charge in [0.05, 0.1) is 23.2 Å². The largest absolute Gasteiger partial charge is 0.296 e. The Morgan fingerprint density at radius 2 is 1.83 bits per heavy atom. The van der Waals surface area contributed by atoms with Gasteiger partial charge in [0.2, 0.25) is 0 Å². The molecular weight excluding hydrogens is 312 g/mol. The number of carbonyl (C=O) groups is 1. The first kappa shape index (κ1) is 14.7. The van der Waals surface area contributed by atoms with Crippen molar-refractivity contribution in [1.82, 2.24) is 9.38 Å². The van der Waals surface area contributed by atoms with E-state index in [0.717, 1.165) is 0 Å². The van der Waals surface area contributed by atoms with E-state index in [1.807, 2.05) is 0 Å². The number of fused-ring (bicyclic) bond motifs is 2. The minimum Gasteiger partial charge on any atom is -0.296 e. The molecule has 0 unspecified atom stereocenters. The van der Waals surface area contributed by atoms with Gasteiger partial charge in [0, 0.05) is 11.8 Å². The van der Waals surface area contributed by atoms with E-state index < -0.39 is 17.2 Å². The summed E-state index contributed by atoms with van der Waals surface area (Å²) in [6.45, 7) is 3.27. The van der Waals surface area contributed by atoms with E-state index in [1.54, 1.807) is 36.6 Å². The highest BCUT2D eigenvalue weighted by Gasteiger charge is 2.38. The van der Waals surface area contributed by atoms with Gasteiger partial charge in [-0.05, 0) is 32.0 Å². The third kappa shape index (κ3) is 1.92. The minimum atomic E-state index is -1.11. The molecule has 4 rings (SSSR count). The van der Waals surface area contributed by atoms with E-state index >= 15 is 0 Å². The fourth-order valence-corrected chi connectivity index (χ4v) is 3.00. The molecule has 120 valence electrons. The smallest absolute Gasteiger partial charge is 0.193 e. The first-order chi connectivity index (χ1) is 11.4. The van der Waals surface area contributed by atoms with Gasteiger partial charge in [0.25, 0.3) is 0 Å². The molecule has 1 aliphatic heterocycles. The maximum atomic E-state index is 14.3. The van der Waals surface area contributed by atoms with E-state index in [0.29, 0.717) is 17.0 Å². The zero-order valence-electron chi connectivity index (χ0n) is 13.0. The molecule has 0 spiro atoms. The second kappa shape index (κ2) is 4.80. The number of ketones is 1. The number of imidazole rings is 1. The van der Waals surface area contributed by atoms with Crippen LogP contribution in [0.2, 0.25) is 0 Å². The summed E-state index contributed by atoms with van der Waals surface area (Å²) < 4.78 is 29.8. The third-order valence-corrected chi connectivity index (χ3v) is 4.17. The van der Waals surface area contributed by atoms with Crippen LogP contribution in [-0.4, -0.2) is 26.4 Å². The molecular formula is C18H13F2N3O. The van der Waals surface area contributed by atoms with Crippen molar-refractivity contribution in [2.24, 2.45) is 4.99 Å². The van der Waals surface area contributed by atoms with Crippen molar-refractivity contribution in [3.63, 3.8) is 0 Å². The number of aliphatic imine (C=N–C) groups is 1. The van der Waals surface area contributed by atoms with Crippen molar-refractivity contribution in [3.8, 4) is 0 Å². The first-order valence-electron chi connectivity index (χ1n) is 7.45. The van der Waals surface area contributed by atoms with Crippen molar-refractivity contribution in [2.45, 2.75) is 19.4 Å². The van der Waals surface area contributed by atoms with Crippen LogP contribution in [0.1, 0.15) is 35.5 Å². The molecule has 0 radical (unpaired) electrons. The molecule has 6 heteroatoms. The number of benzene rings is 1. The highest BCUT2D eigenvalue weighted by atomic mass is 19.1. The van der Waals surface area contributed by atoms with Gasteiger partial charge >= 0.3 is 0 Å². The molecule has 0 fully saturated rings. The fraction of sp³-hybridized carbons (Fsp3) is 0.167. The predicted octanol–water partition coefficient (Wildman–Crippen LogP) is 3.42. The molecule has 2 aromatic heterocycles. The Hall–Kier alpha value is -2.89. The van der Waals surface area contributed by atoms with Crippen LogP contribution in [0.15, 0.2) is 47.7 Å². The number of hydrogen-bond donors (Lipinski definition) is 0. The highest BCUT2D eigenvalue weighted by molar-refractivity contribution is 6.23. The summed E-state index contributed by atoms with van der Waals surface area (Å²) in [6, 6.07) is 7.29. The molecule has 3 aromatic rings. The van der Waals surface area contributed by atoms with Crippen LogP contribution in [0, 0.1) is 11.6 Å². The van der Waals surface area contributed by atoms with E-state index in [4.69, 9.17) is 0 Å². The minimum absolute atomic E-state index is 0.0128. The molecule has 4 nitrogen and oxygen atoms in total. The number of hydrogen-bond acceptors (Lipinski definition) is 3.